The fourth-order valence-electron chi connectivity index (χ4n) is 2.66. The lowest BCUT2D eigenvalue weighted by molar-refractivity contribution is 0.0778. The van der Waals surface area contributed by atoms with Crippen LogP contribution in [0.2, 0.25) is 0 Å². The molecule has 114 valence electrons. The highest BCUT2D eigenvalue weighted by molar-refractivity contribution is 7.13. The third kappa shape index (κ3) is 2.69. The number of hydrogen-bond donors (Lipinski definition) is 0. The maximum atomic E-state index is 5.44. The lowest BCUT2D eigenvalue weighted by Crippen LogP contribution is -2.14. The second kappa shape index (κ2) is 6.02. The molecule has 4 rings (SSSR count). The molecule has 1 aliphatic rings. The quantitative estimate of drug-likeness (QED) is 0.740. The van der Waals surface area contributed by atoms with E-state index in [2.05, 4.69) is 21.2 Å². The van der Waals surface area contributed by atoms with Gasteiger partial charge in [0.15, 0.2) is 5.82 Å². The Hall–Kier alpha value is -1.99. The summed E-state index contributed by atoms with van der Waals surface area (Å²) in [6, 6.07) is 4.09. The van der Waals surface area contributed by atoms with Crippen molar-refractivity contribution in [3.63, 3.8) is 0 Å². The van der Waals surface area contributed by atoms with Crippen LogP contribution in [0.4, 0.5) is 0 Å². The molecular formula is C15H16N4O2S. The molecule has 0 atom stereocenters. The first-order valence-electron chi connectivity index (χ1n) is 7.35. The number of aromatic nitrogens is 4. The Kier molecular flexibility index (Phi) is 3.74. The molecule has 0 spiro atoms. The summed E-state index contributed by atoms with van der Waals surface area (Å²) >= 11 is 1.67. The highest BCUT2D eigenvalue weighted by atomic mass is 32.1. The van der Waals surface area contributed by atoms with Crippen molar-refractivity contribution in [3.8, 4) is 10.7 Å². The maximum absolute atomic E-state index is 5.44. The van der Waals surface area contributed by atoms with Crippen LogP contribution in [0.15, 0.2) is 34.4 Å². The van der Waals surface area contributed by atoms with Gasteiger partial charge >= 0.3 is 0 Å². The van der Waals surface area contributed by atoms with Crippen LogP contribution in [0, 0.1) is 0 Å². The van der Waals surface area contributed by atoms with E-state index in [4.69, 9.17) is 9.26 Å². The molecule has 22 heavy (non-hydrogen) atoms. The standard InChI is InChI=1S/C15H16N4O2S/c1-2-12(22-9-1)14-16-5-6-19(14)10-13-17-15(21-18-13)11-3-7-20-8-4-11/h1-2,5-6,9,11H,3-4,7-8,10H2. The first kappa shape index (κ1) is 13.7. The summed E-state index contributed by atoms with van der Waals surface area (Å²) in [7, 11) is 0. The van der Waals surface area contributed by atoms with Gasteiger partial charge < -0.3 is 13.8 Å². The van der Waals surface area contributed by atoms with Crippen molar-refractivity contribution in [2.75, 3.05) is 13.2 Å². The number of imidazole rings is 1. The van der Waals surface area contributed by atoms with Gasteiger partial charge in [0.05, 0.1) is 11.4 Å². The van der Waals surface area contributed by atoms with Gasteiger partial charge in [0, 0.05) is 31.5 Å². The van der Waals surface area contributed by atoms with Crippen molar-refractivity contribution in [1.29, 1.82) is 0 Å². The van der Waals surface area contributed by atoms with E-state index in [0.717, 1.165) is 42.6 Å². The average Bonchev–Trinajstić information content (AvgIpc) is 3.30. The van der Waals surface area contributed by atoms with E-state index in [0.29, 0.717) is 18.3 Å². The van der Waals surface area contributed by atoms with Gasteiger partial charge in [-0.05, 0) is 24.3 Å². The number of thiophene rings is 1. The van der Waals surface area contributed by atoms with Crippen LogP contribution in [0.5, 0.6) is 0 Å². The van der Waals surface area contributed by atoms with Crippen molar-refractivity contribution in [1.82, 2.24) is 19.7 Å². The molecule has 0 aliphatic carbocycles. The van der Waals surface area contributed by atoms with Gasteiger partial charge in [-0.1, -0.05) is 11.2 Å². The van der Waals surface area contributed by atoms with E-state index in [1.54, 1.807) is 17.5 Å². The predicted molar refractivity (Wildman–Crippen MR) is 81.7 cm³/mol. The highest BCUT2D eigenvalue weighted by Crippen LogP contribution is 2.26. The van der Waals surface area contributed by atoms with Crippen molar-refractivity contribution < 1.29 is 9.26 Å². The van der Waals surface area contributed by atoms with Crippen molar-refractivity contribution in [2.45, 2.75) is 25.3 Å². The van der Waals surface area contributed by atoms with Crippen LogP contribution in [0.1, 0.15) is 30.5 Å². The summed E-state index contributed by atoms with van der Waals surface area (Å²) in [5.41, 5.74) is 0. The molecule has 3 aromatic rings. The molecule has 7 heteroatoms. The maximum Gasteiger partial charge on any atom is 0.229 e. The van der Waals surface area contributed by atoms with Crippen LogP contribution in [-0.4, -0.2) is 32.9 Å². The lowest BCUT2D eigenvalue weighted by Gasteiger charge is -2.17. The molecule has 4 heterocycles. The number of nitrogens with zero attached hydrogens (tertiary/aromatic N) is 4. The van der Waals surface area contributed by atoms with Gasteiger partial charge in [0.2, 0.25) is 5.89 Å². The minimum absolute atomic E-state index is 0.328. The van der Waals surface area contributed by atoms with Crippen molar-refractivity contribution in [2.24, 2.45) is 0 Å². The molecule has 0 N–H and O–H groups in total. The monoisotopic (exact) mass is 316 g/mol. The van der Waals surface area contributed by atoms with E-state index in [-0.39, 0.29) is 0 Å². The molecule has 0 bridgehead atoms. The molecular weight excluding hydrogens is 300 g/mol. The van der Waals surface area contributed by atoms with E-state index < -0.39 is 0 Å². The minimum Gasteiger partial charge on any atom is -0.381 e. The van der Waals surface area contributed by atoms with Crippen LogP contribution in [0.3, 0.4) is 0 Å². The zero-order valence-electron chi connectivity index (χ0n) is 12.0. The van der Waals surface area contributed by atoms with E-state index in [1.165, 1.54) is 0 Å². The van der Waals surface area contributed by atoms with E-state index in [1.807, 2.05) is 22.2 Å². The first-order valence-corrected chi connectivity index (χ1v) is 8.23. The molecule has 1 saturated heterocycles. The van der Waals surface area contributed by atoms with E-state index >= 15 is 0 Å². The largest absolute Gasteiger partial charge is 0.381 e. The second-order valence-electron chi connectivity index (χ2n) is 5.29. The third-order valence-electron chi connectivity index (χ3n) is 3.82. The Balaban J connectivity index is 1.52. The summed E-state index contributed by atoms with van der Waals surface area (Å²) in [5, 5.41) is 6.16. The molecule has 0 radical (unpaired) electrons. The smallest absolute Gasteiger partial charge is 0.229 e. The fourth-order valence-corrected chi connectivity index (χ4v) is 3.40. The van der Waals surface area contributed by atoms with Gasteiger partial charge in [-0.15, -0.1) is 11.3 Å². The summed E-state index contributed by atoms with van der Waals surface area (Å²) in [6.07, 6.45) is 5.65. The van der Waals surface area contributed by atoms with Gasteiger partial charge in [-0.25, -0.2) is 4.98 Å². The van der Waals surface area contributed by atoms with Crippen LogP contribution in [0.25, 0.3) is 10.7 Å². The Labute approximate surface area is 131 Å². The zero-order valence-corrected chi connectivity index (χ0v) is 12.8. The van der Waals surface area contributed by atoms with Crippen LogP contribution in [-0.2, 0) is 11.3 Å². The summed E-state index contributed by atoms with van der Waals surface area (Å²) in [4.78, 5) is 10.1. The molecule has 1 fully saturated rings. The predicted octanol–water partition coefficient (Wildman–Crippen LogP) is 2.94. The number of rotatable bonds is 4. The van der Waals surface area contributed by atoms with Crippen LogP contribution >= 0.6 is 11.3 Å². The second-order valence-corrected chi connectivity index (χ2v) is 6.24. The molecule has 0 unspecified atom stereocenters. The molecule has 0 aromatic carbocycles. The van der Waals surface area contributed by atoms with Crippen LogP contribution < -0.4 is 0 Å². The fraction of sp³-hybridized carbons (Fsp3) is 0.400. The minimum atomic E-state index is 0.328. The van der Waals surface area contributed by atoms with Crippen molar-refractivity contribution in [3.05, 3.63) is 41.6 Å². The van der Waals surface area contributed by atoms with Gasteiger partial charge in [-0.2, -0.15) is 4.98 Å². The molecule has 6 nitrogen and oxygen atoms in total. The normalized spacial score (nSPS) is 16.2. The summed E-state index contributed by atoms with van der Waals surface area (Å²) in [5.74, 6) is 2.69. The zero-order chi connectivity index (χ0) is 14.8. The van der Waals surface area contributed by atoms with Gasteiger partial charge in [-0.3, -0.25) is 0 Å². The highest BCUT2D eigenvalue weighted by Gasteiger charge is 2.22. The molecule has 3 aromatic heterocycles. The third-order valence-corrected chi connectivity index (χ3v) is 4.69. The number of hydrogen-bond acceptors (Lipinski definition) is 6. The van der Waals surface area contributed by atoms with E-state index in [9.17, 15) is 0 Å². The summed E-state index contributed by atoms with van der Waals surface area (Å²) in [6.45, 7) is 2.11. The topological polar surface area (TPSA) is 66.0 Å². The Morgan fingerprint density at radius 3 is 3.05 bits per heavy atom. The summed E-state index contributed by atoms with van der Waals surface area (Å²) < 4.78 is 12.9. The Morgan fingerprint density at radius 2 is 2.23 bits per heavy atom. The molecule has 0 saturated carbocycles. The molecule has 1 aliphatic heterocycles. The van der Waals surface area contributed by atoms with Gasteiger partial charge in [0.25, 0.3) is 0 Å². The first-order chi connectivity index (χ1) is 10.9. The lowest BCUT2D eigenvalue weighted by atomic mass is 10.0. The Morgan fingerprint density at radius 1 is 1.32 bits per heavy atom. The SMILES string of the molecule is c1csc(-c2nccn2Cc2noc(C3CCOCC3)n2)c1. The Bertz CT molecular complexity index is 728. The molecule has 0 amide bonds. The van der Waals surface area contributed by atoms with Gasteiger partial charge in [0.1, 0.15) is 5.82 Å². The average molecular weight is 316 g/mol. The number of ether oxygens (including phenoxy) is 1. The van der Waals surface area contributed by atoms with Crippen molar-refractivity contribution >= 4 is 11.3 Å².